The highest BCUT2D eigenvalue weighted by Crippen LogP contribution is 2.33. The van der Waals surface area contributed by atoms with E-state index in [0.717, 1.165) is 10.6 Å². The predicted molar refractivity (Wildman–Crippen MR) is 76.7 cm³/mol. The van der Waals surface area contributed by atoms with E-state index in [-0.39, 0.29) is 5.91 Å². The van der Waals surface area contributed by atoms with Gasteiger partial charge in [-0.2, -0.15) is 0 Å². The third-order valence-electron chi connectivity index (χ3n) is 3.05. The summed E-state index contributed by atoms with van der Waals surface area (Å²) in [5.74, 6) is 0.780. The van der Waals surface area contributed by atoms with E-state index in [1.807, 2.05) is 23.6 Å². The van der Waals surface area contributed by atoms with E-state index in [1.54, 1.807) is 28.4 Å². The number of carbonyl (C=O) groups excluding carboxylic acids is 1. The van der Waals surface area contributed by atoms with E-state index in [0.29, 0.717) is 31.0 Å². The van der Waals surface area contributed by atoms with Gasteiger partial charge in [0, 0.05) is 16.6 Å². The van der Waals surface area contributed by atoms with Crippen molar-refractivity contribution in [2.75, 3.05) is 23.8 Å². The molecule has 0 spiro atoms. The number of thiophene rings is 1. The Hall–Kier alpha value is -2.01. The van der Waals surface area contributed by atoms with Crippen LogP contribution in [0.15, 0.2) is 35.7 Å². The summed E-state index contributed by atoms with van der Waals surface area (Å²) >= 11 is 1.60. The number of rotatable bonds is 2. The Bertz CT molecular complexity index is 595. The standard InChI is InChI=1S/C14H14N2O2S/c15-10-3-4-12-13(8-10)18-6-5-16(12)14(17)9-11-2-1-7-19-11/h1-4,7-8H,5-6,9,15H2. The molecule has 4 nitrogen and oxygen atoms in total. The van der Waals surface area contributed by atoms with E-state index in [2.05, 4.69) is 0 Å². The lowest BCUT2D eigenvalue weighted by molar-refractivity contribution is -0.118. The van der Waals surface area contributed by atoms with E-state index in [4.69, 9.17) is 10.5 Å². The van der Waals surface area contributed by atoms with Crippen molar-refractivity contribution >= 4 is 28.6 Å². The molecule has 2 N–H and O–H groups in total. The van der Waals surface area contributed by atoms with Crippen LogP contribution in [0, 0.1) is 0 Å². The molecule has 0 saturated carbocycles. The molecule has 2 aromatic rings. The van der Waals surface area contributed by atoms with Crippen LogP contribution in [0.3, 0.4) is 0 Å². The first-order valence-corrected chi connectivity index (χ1v) is 6.97. The Kier molecular flexibility index (Phi) is 3.13. The smallest absolute Gasteiger partial charge is 0.232 e. The number of ether oxygens (including phenoxy) is 1. The Morgan fingerprint density at radius 1 is 1.42 bits per heavy atom. The second kappa shape index (κ2) is 4.93. The second-order valence-electron chi connectivity index (χ2n) is 4.38. The summed E-state index contributed by atoms with van der Waals surface area (Å²) in [6, 6.07) is 9.34. The van der Waals surface area contributed by atoms with Crippen molar-refractivity contribution in [3.05, 3.63) is 40.6 Å². The van der Waals surface area contributed by atoms with Gasteiger partial charge in [0.25, 0.3) is 0 Å². The van der Waals surface area contributed by atoms with Crippen LogP contribution in [-0.4, -0.2) is 19.1 Å². The fourth-order valence-electron chi connectivity index (χ4n) is 2.15. The number of nitrogens with zero attached hydrogens (tertiary/aromatic N) is 1. The summed E-state index contributed by atoms with van der Waals surface area (Å²) in [4.78, 5) is 15.2. The number of anilines is 2. The first kappa shape index (κ1) is 12.0. The number of amides is 1. The molecular weight excluding hydrogens is 260 g/mol. The Morgan fingerprint density at radius 2 is 2.32 bits per heavy atom. The zero-order valence-electron chi connectivity index (χ0n) is 10.3. The van der Waals surface area contributed by atoms with E-state index in [9.17, 15) is 4.79 Å². The van der Waals surface area contributed by atoms with Crippen LogP contribution in [0.5, 0.6) is 5.75 Å². The first-order chi connectivity index (χ1) is 9.24. The molecule has 1 aliphatic heterocycles. The van der Waals surface area contributed by atoms with E-state index in [1.165, 1.54) is 0 Å². The lowest BCUT2D eigenvalue weighted by atomic mass is 10.2. The van der Waals surface area contributed by atoms with E-state index >= 15 is 0 Å². The first-order valence-electron chi connectivity index (χ1n) is 6.09. The van der Waals surface area contributed by atoms with Gasteiger partial charge in [0.1, 0.15) is 12.4 Å². The zero-order valence-corrected chi connectivity index (χ0v) is 11.2. The van der Waals surface area contributed by atoms with Crippen LogP contribution >= 0.6 is 11.3 Å². The van der Waals surface area contributed by atoms with Crippen LogP contribution < -0.4 is 15.4 Å². The monoisotopic (exact) mass is 274 g/mol. The van der Waals surface area contributed by atoms with Gasteiger partial charge in [-0.3, -0.25) is 4.79 Å². The number of fused-ring (bicyclic) bond motifs is 1. The Balaban J connectivity index is 1.85. The van der Waals surface area contributed by atoms with Crippen molar-refractivity contribution in [2.24, 2.45) is 0 Å². The van der Waals surface area contributed by atoms with Gasteiger partial charge in [-0.15, -0.1) is 11.3 Å². The molecule has 0 aliphatic carbocycles. The molecule has 19 heavy (non-hydrogen) atoms. The molecule has 5 heteroatoms. The number of carbonyl (C=O) groups is 1. The predicted octanol–water partition coefficient (Wildman–Crippen LogP) is 2.30. The molecule has 1 aromatic heterocycles. The summed E-state index contributed by atoms with van der Waals surface area (Å²) in [6.45, 7) is 1.09. The minimum Gasteiger partial charge on any atom is -0.489 e. The minimum absolute atomic E-state index is 0.0942. The average Bonchev–Trinajstić information content (AvgIpc) is 2.90. The highest BCUT2D eigenvalue weighted by molar-refractivity contribution is 7.10. The Labute approximate surface area is 115 Å². The maximum absolute atomic E-state index is 12.4. The third-order valence-corrected chi connectivity index (χ3v) is 3.93. The molecule has 1 aliphatic rings. The van der Waals surface area contributed by atoms with Gasteiger partial charge in [0.2, 0.25) is 5.91 Å². The van der Waals surface area contributed by atoms with Crippen molar-refractivity contribution in [1.29, 1.82) is 0 Å². The summed E-state index contributed by atoms with van der Waals surface area (Å²) in [5.41, 5.74) is 7.18. The maximum atomic E-state index is 12.4. The third kappa shape index (κ3) is 2.42. The van der Waals surface area contributed by atoms with Crippen LogP contribution in [0.1, 0.15) is 4.88 Å². The summed E-state index contributed by atoms with van der Waals surface area (Å²) in [7, 11) is 0. The second-order valence-corrected chi connectivity index (χ2v) is 5.41. The molecule has 0 bridgehead atoms. The molecule has 2 heterocycles. The fourth-order valence-corrected chi connectivity index (χ4v) is 2.85. The van der Waals surface area contributed by atoms with Crippen molar-refractivity contribution in [3.63, 3.8) is 0 Å². The van der Waals surface area contributed by atoms with Crippen molar-refractivity contribution in [3.8, 4) is 5.75 Å². The van der Waals surface area contributed by atoms with Gasteiger partial charge in [-0.05, 0) is 23.6 Å². The molecule has 3 rings (SSSR count). The van der Waals surface area contributed by atoms with Crippen molar-refractivity contribution in [1.82, 2.24) is 0 Å². The van der Waals surface area contributed by atoms with Crippen LogP contribution in [-0.2, 0) is 11.2 Å². The minimum atomic E-state index is 0.0942. The molecule has 1 aromatic carbocycles. The van der Waals surface area contributed by atoms with Crippen LogP contribution in [0.25, 0.3) is 0 Å². The number of benzene rings is 1. The number of nitrogens with two attached hydrogens (primary N) is 1. The van der Waals surface area contributed by atoms with Crippen LogP contribution in [0.2, 0.25) is 0 Å². The largest absolute Gasteiger partial charge is 0.489 e. The summed E-state index contributed by atoms with van der Waals surface area (Å²) < 4.78 is 5.55. The van der Waals surface area contributed by atoms with Gasteiger partial charge in [0.05, 0.1) is 18.7 Å². The zero-order chi connectivity index (χ0) is 13.2. The molecule has 1 amide bonds. The van der Waals surface area contributed by atoms with Gasteiger partial charge < -0.3 is 15.4 Å². The number of hydrogen-bond donors (Lipinski definition) is 1. The highest BCUT2D eigenvalue weighted by atomic mass is 32.1. The topological polar surface area (TPSA) is 55.6 Å². The van der Waals surface area contributed by atoms with Gasteiger partial charge in [-0.1, -0.05) is 6.07 Å². The van der Waals surface area contributed by atoms with Gasteiger partial charge in [-0.25, -0.2) is 0 Å². The normalized spacial score (nSPS) is 13.8. The molecular formula is C14H14N2O2S. The highest BCUT2D eigenvalue weighted by Gasteiger charge is 2.23. The number of hydrogen-bond acceptors (Lipinski definition) is 4. The molecule has 98 valence electrons. The molecule has 0 fully saturated rings. The quantitative estimate of drug-likeness (QED) is 0.855. The lowest BCUT2D eigenvalue weighted by Gasteiger charge is -2.29. The average molecular weight is 274 g/mol. The van der Waals surface area contributed by atoms with Gasteiger partial charge >= 0.3 is 0 Å². The maximum Gasteiger partial charge on any atom is 0.232 e. The summed E-state index contributed by atoms with van der Waals surface area (Å²) in [6.07, 6.45) is 0.432. The Morgan fingerprint density at radius 3 is 3.11 bits per heavy atom. The SMILES string of the molecule is Nc1ccc2c(c1)OCCN2C(=O)Cc1cccs1. The fraction of sp³-hybridized carbons (Fsp3) is 0.214. The van der Waals surface area contributed by atoms with Crippen LogP contribution in [0.4, 0.5) is 11.4 Å². The molecule has 0 unspecified atom stereocenters. The van der Waals surface area contributed by atoms with Crippen molar-refractivity contribution < 1.29 is 9.53 Å². The molecule has 0 radical (unpaired) electrons. The van der Waals surface area contributed by atoms with Crippen molar-refractivity contribution in [2.45, 2.75) is 6.42 Å². The lowest BCUT2D eigenvalue weighted by Crippen LogP contribution is -2.38. The molecule has 0 atom stereocenters. The van der Waals surface area contributed by atoms with E-state index < -0.39 is 0 Å². The molecule has 0 saturated heterocycles. The van der Waals surface area contributed by atoms with Gasteiger partial charge in [0.15, 0.2) is 0 Å². The number of nitrogen functional groups attached to an aromatic ring is 1. The summed E-state index contributed by atoms with van der Waals surface area (Å²) in [5, 5.41) is 1.98.